The van der Waals surface area contributed by atoms with Crippen LogP contribution in [-0.2, 0) is 19.9 Å². The van der Waals surface area contributed by atoms with Crippen LogP contribution in [0.4, 0.5) is 0 Å². The molecule has 2 aromatic carbocycles. The molecule has 1 aliphatic rings. The monoisotopic (exact) mass is 407 g/mol. The van der Waals surface area contributed by atoms with Gasteiger partial charge in [0.1, 0.15) is 5.69 Å². The molecule has 3 aromatic heterocycles. The van der Waals surface area contributed by atoms with Crippen molar-refractivity contribution in [1.82, 2.24) is 24.4 Å². The fourth-order valence-corrected chi connectivity index (χ4v) is 4.30. The molecule has 152 valence electrons. The molecule has 31 heavy (non-hydrogen) atoms. The number of aromatic nitrogens is 5. The van der Waals surface area contributed by atoms with Crippen LogP contribution in [-0.4, -0.2) is 24.4 Å². The van der Waals surface area contributed by atoms with Gasteiger partial charge in [0.15, 0.2) is 5.65 Å². The largest absolute Gasteiger partial charge is 0.418 e. The van der Waals surface area contributed by atoms with E-state index in [4.69, 9.17) is 14.8 Å². The maximum absolute atomic E-state index is 5.88. The number of imidazole rings is 1. The quantitative estimate of drug-likeness (QED) is 0.417. The molecular weight excluding hydrogens is 386 g/mol. The SMILES string of the molecule is Cn1ccc(Oc2ccc3nc(-c4ccc5c(c4)CCC5)c(-c4ccccc4)n3n2)n1. The lowest BCUT2D eigenvalue weighted by atomic mass is 10.0. The number of ether oxygens (including phenoxy) is 1. The molecular formula is C25H21N5O. The molecule has 0 radical (unpaired) electrons. The summed E-state index contributed by atoms with van der Waals surface area (Å²) in [5, 5.41) is 9.04. The van der Waals surface area contributed by atoms with E-state index in [0.29, 0.717) is 11.8 Å². The van der Waals surface area contributed by atoms with Crippen LogP contribution in [0.15, 0.2) is 72.9 Å². The maximum Gasteiger partial charge on any atom is 0.240 e. The van der Waals surface area contributed by atoms with Crippen LogP contribution in [0.5, 0.6) is 11.8 Å². The van der Waals surface area contributed by atoms with Crippen molar-refractivity contribution in [2.24, 2.45) is 7.05 Å². The minimum Gasteiger partial charge on any atom is -0.418 e. The van der Waals surface area contributed by atoms with Gasteiger partial charge in [0.05, 0.1) is 5.69 Å². The van der Waals surface area contributed by atoms with Crippen LogP contribution in [0.25, 0.3) is 28.2 Å². The summed E-state index contributed by atoms with van der Waals surface area (Å²) in [7, 11) is 1.86. The van der Waals surface area contributed by atoms with Gasteiger partial charge in [-0.2, -0.15) is 0 Å². The fraction of sp³-hybridized carbons (Fsp3) is 0.160. The molecule has 0 saturated heterocycles. The Morgan fingerprint density at radius 2 is 1.65 bits per heavy atom. The third-order valence-corrected chi connectivity index (χ3v) is 5.77. The van der Waals surface area contributed by atoms with Gasteiger partial charge in [-0.3, -0.25) is 4.68 Å². The number of hydrogen-bond donors (Lipinski definition) is 0. The molecule has 5 aromatic rings. The van der Waals surface area contributed by atoms with Gasteiger partial charge in [0, 0.05) is 36.5 Å². The van der Waals surface area contributed by atoms with Crippen molar-refractivity contribution in [3.05, 3.63) is 84.1 Å². The molecule has 6 heteroatoms. The first kappa shape index (κ1) is 17.9. The topological polar surface area (TPSA) is 57.2 Å². The summed E-state index contributed by atoms with van der Waals surface area (Å²) < 4.78 is 9.45. The van der Waals surface area contributed by atoms with Crippen LogP contribution < -0.4 is 4.74 Å². The van der Waals surface area contributed by atoms with E-state index in [-0.39, 0.29) is 0 Å². The van der Waals surface area contributed by atoms with Gasteiger partial charge in [-0.25, -0.2) is 9.50 Å². The zero-order chi connectivity index (χ0) is 20.8. The predicted molar refractivity (Wildman–Crippen MR) is 119 cm³/mol. The molecule has 1 aliphatic carbocycles. The van der Waals surface area contributed by atoms with Gasteiger partial charge in [0.25, 0.3) is 0 Å². The second kappa shape index (κ2) is 7.09. The zero-order valence-corrected chi connectivity index (χ0v) is 17.2. The van der Waals surface area contributed by atoms with E-state index in [9.17, 15) is 0 Å². The number of fused-ring (bicyclic) bond motifs is 2. The van der Waals surface area contributed by atoms with E-state index in [1.165, 1.54) is 24.0 Å². The average molecular weight is 407 g/mol. The van der Waals surface area contributed by atoms with Gasteiger partial charge in [-0.05, 0) is 42.5 Å². The Balaban J connectivity index is 1.53. The standard InChI is InChI=1S/C25H21N5O/c1-29-15-14-23(27-29)31-22-13-12-21-26-24(20-11-10-17-8-5-9-19(17)16-20)25(30(21)28-22)18-6-3-2-4-7-18/h2-4,6-7,10-16H,5,8-9H2,1H3. The van der Waals surface area contributed by atoms with E-state index in [0.717, 1.165) is 34.6 Å². The molecule has 0 unspecified atom stereocenters. The Morgan fingerprint density at radius 3 is 2.48 bits per heavy atom. The first-order valence-corrected chi connectivity index (χ1v) is 10.5. The smallest absolute Gasteiger partial charge is 0.240 e. The van der Waals surface area contributed by atoms with E-state index in [1.807, 2.05) is 54.2 Å². The summed E-state index contributed by atoms with van der Waals surface area (Å²) in [6, 6.07) is 22.6. The molecule has 0 aliphatic heterocycles. The van der Waals surface area contributed by atoms with Crippen molar-refractivity contribution in [1.29, 1.82) is 0 Å². The predicted octanol–water partition coefficient (Wildman–Crippen LogP) is 5.08. The van der Waals surface area contributed by atoms with Crippen molar-refractivity contribution < 1.29 is 4.74 Å². The number of nitrogens with zero attached hydrogens (tertiary/aromatic N) is 5. The Labute approximate surface area is 179 Å². The summed E-state index contributed by atoms with van der Waals surface area (Å²) in [6.45, 7) is 0. The van der Waals surface area contributed by atoms with Crippen LogP contribution in [0.3, 0.4) is 0 Å². The number of hydrogen-bond acceptors (Lipinski definition) is 4. The van der Waals surface area contributed by atoms with Crippen molar-refractivity contribution >= 4 is 5.65 Å². The molecule has 0 fully saturated rings. The number of aryl methyl sites for hydroxylation is 3. The lowest BCUT2D eigenvalue weighted by Gasteiger charge is -2.08. The molecule has 6 nitrogen and oxygen atoms in total. The minimum absolute atomic E-state index is 0.473. The summed E-state index contributed by atoms with van der Waals surface area (Å²) >= 11 is 0. The van der Waals surface area contributed by atoms with Crippen LogP contribution in [0, 0.1) is 0 Å². The van der Waals surface area contributed by atoms with Crippen molar-refractivity contribution in [2.45, 2.75) is 19.3 Å². The van der Waals surface area contributed by atoms with Crippen molar-refractivity contribution in [3.8, 4) is 34.3 Å². The number of rotatable bonds is 4. The molecule has 6 rings (SSSR count). The van der Waals surface area contributed by atoms with Gasteiger partial charge in [-0.15, -0.1) is 10.2 Å². The van der Waals surface area contributed by atoms with Crippen LogP contribution in [0.1, 0.15) is 17.5 Å². The maximum atomic E-state index is 5.88. The molecule has 3 heterocycles. The van der Waals surface area contributed by atoms with E-state index >= 15 is 0 Å². The summed E-state index contributed by atoms with van der Waals surface area (Å²) in [4.78, 5) is 4.96. The second-order valence-electron chi connectivity index (χ2n) is 7.88. The third-order valence-electron chi connectivity index (χ3n) is 5.77. The van der Waals surface area contributed by atoms with E-state index < -0.39 is 0 Å². The highest BCUT2D eigenvalue weighted by molar-refractivity contribution is 5.82. The average Bonchev–Trinajstić information content (AvgIpc) is 3.51. The molecule has 0 amide bonds. The van der Waals surface area contributed by atoms with Crippen molar-refractivity contribution in [2.75, 3.05) is 0 Å². The highest BCUT2D eigenvalue weighted by Crippen LogP contribution is 2.35. The van der Waals surface area contributed by atoms with Gasteiger partial charge in [0.2, 0.25) is 11.8 Å². The Kier molecular flexibility index (Phi) is 4.09. The first-order valence-electron chi connectivity index (χ1n) is 10.5. The van der Waals surface area contributed by atoms with Gasteiger partial charge < -0.3 is 4.74 Å². The lowest BCUT2D eigenvalue weighted by molar-refractivity contribution is 0.428. The third kappa shape index (κ3) is 3.17. The zero-order valence-electron chi connectivity index (χ0n) is 17.2. The highest BCUT2D eigenvalue weighted by atomic mass is 16.5. The minimum atomic E-state index is 0.473. The van der Waals surface area contributed by atoms with Crippen molar-refractivity contribution in [3.63, 3.8) is 0 Å². The second-order valence-corrected chi connectivity index (χ2v) is 7.88. The van der Waals surface area contributed by atoms with Gasteiger partial charge in [-0.1, -0.05) is 42.5 Å². The van der Waals surface area contributed by atoms with E-state index in [2.05, 4.69) is 35.4 Å². The lowest BCUT2D eigenvalue weighted by Crippen LogP contribution is -1.98. The number of benzene rings is 2. The summed E-state index contributed by atoms with van der Waals surface area (Å²) in [6.07, 6.45) is 5.37. The molecule has 0 spiro atoms. The molecule has 0 saturated carbocycles. The fourth-order valence-electron chi connectivity index (χ4n) is 4.30. The Bertz CT molecular complexity index is 1400. The Morgan fingerprint density at radius 1 is 0.806 bits per heavy atom. The van der Waals surface area contributed by atoms with E-state index in [1.54, 1.807) is 4.68 Å². The normalized spacial score (nSPS) is 12.9. The highest BCUT2D eigenvalue weighted by Gasteiger charge is 2.20. The van der Waals surface area contributed by atoms with Gasteiger partial charge >= 0.3 is 0 Å². The Hall–Kier alpha value is -3.93. The summed E-state index contributed by atoms with van der Waals surface area (Å²) in [5.41, 5.74) is 7.75. The summed E-state index contributed by atoms with van der Waals surface area (Å²) in [5.74, 6) is 0.982. The molecule has 0 bridgehead atoms. The van der Waals surface area contributed by atoms with Crippen LogP contribution >= 0.6 is 0 Å². The van der Waals surface area contributed by atoms with Crippen LogP contribution in [0.2, 0.25) is 0 Å². The first-order chi connectivity index (χ1) is 15.2. The molecule has 0 atom stereocenters. The molecule has 0 N–H and O–H groups in total.